The Morgan fingerprint density at radius 2 is 2.00 bits per heavy atom. The second kappa shape index (κ2) is 5.34. The summed E-state index contributed by atoms with van der Waals surface area (Å²) in [5.41, 5.74) is 0. The number of rotatable bonds is 4. The molecule has 1 unspecified atom stereocenters. The zero-order chi connectivity index (χ0) is 12.9. The van der Waals surface area contributed by atoms with Gasteiger partial charge in [0.2, 0.25) is 0 Å². The molecule has 0 saturated heterocycles. The van der Waals surface area contributed by atoms with Gasteiger partial charge >= 0.3 is 18.1 Å². The van der Waals surface area contributed by atoms with Gasteiger partial charge in [0, 0.05) is 6.54 Å². The average molecular weight is 238 g/mol. The molecule has 5 nitrogen and oxygen atoms in total. The summed E-state index contributed by atoms with van der Waals surface area (Å²) < 4.78 is 36.2. The lowest BCUT2D eigenvalue weighted by Crippen LogP contribution is -2.49. The molecule has 0 rings (SSSR count). The lowest BCUT2D eigenvalue weighted by molar-refractivity contribution is -0.189. The van der Waals surface area contributed by atoms with Crippen molar-refractivity contribution in [3.8, 4) is 6.07 Å². The van der Waals surface area contributed by atoms with Gasteiger partial charge in [-0.25, -0.2) is 4.79 Å². The topological polar surface area (TPSA) is 81.4 Å². The predicted octanol–water partition coefficient (Wildman–Crippen LogP) is 0.764. The Bertz CT molecular complexity index is 321. The van der Waals surface area contributed by atoms with Crippen molar-refractivity contribution in [2.75, 3.05) is 6.54 Å². The molecule has 0 aromatic carbocycles. The number of nitrogens with zero attached hydrogens (tertiary/aromatic N) is 2. The lowest BCUT2D eigenvalue weighted by atomic mass is 10.2. The molecule has 90 valence electrons. The van der Waals surface area contributed by atoms with Crippen molar-refractivity contribution in [3.05, 3.63) is 0 Å². The molecular weight excluding hydrogens is 229 g/mol. The van der Waals surface area contributed by atoms with Crippen LogP contribution in [0.1, 0.15) is 13.3 Å². The summed E-state index contributed by atoms with van der Waals surface area (Å²) in [5, 5.41) is 16.7. The van der Waals surface area contributed by atoms with E-state index in [1.54, 1.807) is 6.07 Å². The van der Waals surface area contributed by atoms with Gasteiger partial charge in [0.15, 0.2) is 0 Å². The second-order valence-electron chi connectivity index (χ2n) is 2.92. The summed E-state index contributed by atoms with van der Waals surface area (Å²) in [7, 11) is 0. The third kappa shape index (κ3) is 3.76. The molecule has 0 aliphatic carbocycles. The number of nitriles is 1. The van der Waals surface area contributed by atoms with E-state index in [9.17, 15) is 22.8 Å². The summed E-state index contributed by atoms with van der Waals surface area (Å²) >= 11 is 0. The maximum Gasteiger partial charge on any atom is 0.471 e. The molecule has 0 fully saturated rings. The van der Waals surface area contributed by atoms with Gasteiger partial charge in [-0.05, 0) is 6.92 Å². The van der Waals surface area contributed by atoms with Crippen LogP contribution in [0.15, 0.2) is 0 Å². The van der Waals surface area contributed by atoms with E-state index >= 15 is 0 Å². The second-order valence-corrected chi connectivity index (χ2v) is 2.92. The Hall–Kier alpha value is -1.78. The Kier molecular flexibility index (Phi) is 4.75. The number of alkyl halides is 3. The largest absolute Gasteiger partial charge is 0.480 e. The van der Waals surface area contributed by atoms with E-state index in [1.807, 2.05) is 0 Å². The average Bonchev–Trinajstić information content (AvgIpc) is 2.16. The number of hydrogen-bond acceptors (Lipinski definition) is 3. The fraction of sp³-hybridized carbons (Fsp3) is 0.625. The van der Waals surface area contributed by atoms with E-state index in [4.69, 9.17) is 10.4 Å². The van der Waals surface area contributed by atoms with E-state index in [2.05, 4.69) is 0 Å². The van der Waals surface area contributed by atoms with Crippen LogP contribution in [-0.2, 0) is 9.59 Å². The van der Waals surface area contributed by atoms with Crippen LogP contribution in [0, 0.1) is 11.3 Å². The summed E-state index contributed by atoms with van der Waals surface area (Å²) in [6.45, 7) is 0.381. The SMILES string of the molecule is CC(C(=O)O)N(CCC#N)C(=O)C(F)(F)F. The van der Waals surface area contributed by atoms with Gasteiger partial charge in [0.25, 0.3) is 0 Å². The van der Waals surface area contributed by atoms with Crippen LogP contribution in [0.4, 0.5) is 13.2 Å². The third-order valence-electron chi connectivity index (χ3n) is 1.79. The van der Waals surface area contributed by atoms with Crippen molar-refractivity contribution in [2.45, 2.75) is 25.6 Å². The van der Waals surface area contributed by atoms with Gasteiger partial charge in [-0.1, -0.05) is 0 Å². The van der Waals surface area contributed by atoms with Crippen LogP contribution < -0.4 is 0 Å². The highest BCUT2D eigenvalue weighted by Gasteiger charge is 2.44. The number of halogens is 3. The maximum absolute atomic E-state index is 12.1. The first-order valence-electron chi connectivity index (χ1n) is 4.19. The first kappa shape index (κ1) is 14.2. The van der Waals surface area contributed by atoms with Gasteiger partial charge in [0.1, 0.15) is 6.04 Å². The molecule has 16 heavy (non-hydrogen) atoms. The highest BCUT2D eigenvalue weighted by molar-refractivity contribution is 5.86. The monoisotopic (exact) mass is 238 g/mol. The molecule has 0 spiro atoms. The zero-order valence-electron chi connectivity index (χ0n) is 8.28. The standard InChI is InChI=1S/C8H9F3N2O3/c1-5(6(14)15)13(4-2-3-12)7(16)8(9,10)11/h5H,2,4H2,1H3,(H,14,15). The third-order valence-corrected chi connectivity index (χ3v) is 1.79. The van der Waals surface area contributed by atoms with Crippen LogP contribution in [0.3, 0.4) is 0 Å². The number of carbonyl (C=O) groups excluding carboxylic acids is 1. The Morgan fingerprint density at radius 3 is 2.31 bits per heavy atom. The van der Waals surface area contributed by atoms with Gasteiger partial charge in [-0.3, -0.25) is 4.79 Å². The lowest BCUT2D eigenvalue weighted by Gasteiger charge is -2.26. The van der Waals surface area contributed by atoms with E-state index < -0.39 is 30.6 Å². The summed E-state index contributed by atoms with van der Waals surface area (Å²) in [6, 6.07) is -0.0786. The van der Waals surface area contributed by atoms with E-state index in [0.29, 0.717) is 0 Å². The van der Waals surface area contributed by atoms with Crippen LogP contribution >= 0.6 is 0 Å². The molecule has 1 amide bonds. The van der Waals surface area contributed by atoms with Gasteiger partial charge in [0.05, 0.1) is 12.5 Å². The number of carboxylic acid groups (broad SMARTS) is 1. The smallest absolute Gasteiger partial charge is 0.471 e. The van der Waals surface area contributed by atoms with Gasteiger partial charge < -0.3 is 10.0 Å². The normalized spacial score (nSPS) is 12.7. The summed E-state index contributed by atoms with van der Waals surface area (Å²) in [5.74, 6) is -3.81. The highest BCUT2D eigenvalue weighted by atomic mass is 19.4. The highest BCUT2D eigenvalue weighted by Crippen LogP contribution is 2.20. The molecule has 0 aliphatic rings. The molecule has 0 saturated carbocycles. The van der Waals surface area contributed by atoms with E-state index in [0.717, 1.165) is 6.92 Å². The van der Waals surface area contributed by atoms with Crippen molar-refractivity contribution in [2.24, 2.45) is 0 Å². The number of aliphatic carboxylic acids is 1. The summed E-state index contributed by atoms with van der Waals surface area (Å²) in [4.78, 5) is 21.5. The quantitative estimate of drug-likeness (QED) is 0.784. The molecule has 0 heterocycles. The Balaban J connectivity index is 4.88. The molecule has 1 N–H and O–H groups in total. The number of hydrogen-bond donors (Lipinski definition) is 1. The molecule has 0 aliphatic heterocycles. The maximum atomic E-state index is 12.1. The van der Waals surface area contributed by atoms with Crippen molar-refractivity contribution in [3.63, 3.8) is 0 Å². The van der Waals surface area contributed by atoms with E-state index in [1.165, 1.54) is 0 Å². The van der Waals surface area contributed by atoms with Crippen molar-refractivity contribution in [1.82, 2.24) is 4.90 Å². The Labute approximate surface area is 89.1 Å². The Morgan fingerprint density at radius 1 is 1.50 bits per heavy atom. The first-order chi connectivity index (χ1) is 7.21. The van der Waals surface area contributed by atoms with Crippen LogP contribution in [0.25, 0.3) is 0 Å². The predicted molar refractivity (Wildman–Crippen MR) is 45.1 cm³/mol. The zero-order valence-corrected chi connectivity index (χ0v) is 8.28. The van der Waals surface area contributed by atoms with Crippen LogP contribution in [0.5, 0.6) is 0 Å². The van der Waals surface area contributed by atoms with Crippen molar-refractivity contribution >= 4 is 11.9 Å². The van der Waals surface area contributed by atoms with Gasteiger partial charge in [-0.2, -0.15) is 18.4 Å². The molecule has 8 heteroatoms. The first-order valence-corrected chi connectivity index (χ1v) is 4.19. The number of amides is 1. The summed E-state index contributed by atoms with van der Waals surface area (Å²) in [6.07, 6.45) is -5.50. The molecular formula is C8H9F3N2O3. The van der Waals surface area contributed by atoms with E-state index in [-0.39, 0.29) is 11.3 Å². The van der Waals surface area contributed by atoms with Gasteiger partial charge in [-0.15, -0.1) is 0 Å². The fourth-order valence-corrected chi connectivity index (χ4v) is 0.938. The number of carbonyl (C=O) groups is 2. The van der Waals surface area contributed by atoms with Crippen molar-refractivity contribution < 1.29 is 27.9 Å². The number of carboxylic acids is 1. The van der Waals surface area contributed by atoms with Crippen LogP contribution in [0.2, 0.25) is 0 Å². The minimum Gasteiger partial charge on any atom is -0.480 e. The minimum atomic E-state index is -5.14. The fourth-order valence-electron chi connectivity index (χ4n) is 0.938. The molecule has 0 bridgehead atoms. The molecule has 1 atom stereocenters. The minimum absolute atomic E-state index is 0.117. The van der Waals surface area contributed by atoms with Crippen molar-refractivity contribution in [1.29, 1.82) is 5.26 Å². The molecule has 0 radical (unpaired) electrons. The molecule has 0 aromatic heterocycles. The molecule has 0 aromatic rings. The van der Waals surface area contributed by atoms with Crippen LogP contribution in [-0.4, -0.2) is 40.6 Å².